The summed E-state index contributed by atoms with van der Waals surface area (Å²) in [4.78, 5) is 24.9. The van der Waals surface area contributed by atoms with E-state index in [-0.39, 0.29) is 12.5 Å². The van der Waals surface area contributed by atoms with Gasteiger partial charge in [0.05, 0.1) is 7.11 Å². The van der Waals surface area contributed by atoms with Crippen molar-refractivity contribution in [3.05, 3.63) is 102 Å². The molecule has 3 aromatic rings. The van der Waals surface area contributed by atoms with Gasteiger partial charge in [-0.25, -0.2) is 0 Å². The minimum atomic E-state index is -0.577. The number of rotatable bonds is 8. The Morgan fingerprint density at radius 2 is 1.38 bits per heavy atom. The van der Waals surface area contributed by atoms with E-state index in [2.05, 4.69) is 5.32 Å². The van der Waals surface area contributed by atoms with Crippen molar-refractivity contribution in [2.45, 2.75) is 12.5 Å². The molecular weight excluding hydrogens is 366 g/mol. The van der Waals surface area contributed by atoms with Gasteiger partial charge in [-0.15, -0.1) is 0 Å². The molecule has 1 N–H and O–H groups in total. The lowest BCUT2D eigenvalue weighted by atomic mass is 9.91. The molecule has 5 heteroatoms. The summed E-state index contributed by atoms with van der Waals surface area (Å²) in [7, 11) is 1.60. The number of carbonyl (C=O) groups is 2. The number of benzene rings is 3. The van der Waals surface area contributed by atoms with E-state index < -0.39 is 11.9 Å². The second kappa shape index (κ2) is 10.1. The molecule has 29 heavy (non-hydrogen) atoms. The highest BCUT2D eigenvalue weighted by Gasteiger charge is 2.24. The molecule has 3 aromatic carbocycles. The third kappa shape index (κ3) is 5.69. The molecule has 0 saturated carbocycles. The molecule has 0 atom stereocenters. The maximum Gasteiger partial charge on any atom is 0.318 e. The summed E-state index contributed by atoms with van der Waals surface area (Å²) in [5.41, 5.74) is 2.57. The van der Waals surface area contributed by atoms with Gasteiger partial charge in [-0.2, -0.15) is 0 Å². The summed E-state index contributed by atoms with van der Waals surface area (Å²) in [6.45, 7) is 0.0202. The Hall–Kier alpha value is -3.60. The van der Waals surface area contributed by atoms with Crippen LogP contribution in [0.4, 0.5) is 0 Å². The van der Waals surface area contributed by atoms with Gasteiger partial charge in [0, 0.05) is 6.54 Å². The Morgan fingerprint density at radius 1 is 0.828 bits per heavy atom. The second-order valence-corrected chi connectivity index (χ2v) is 6.49. The van der Waals surface area contributed by atoms with E-state index in [1.807, 2.05) is 84.9 Å². The molecule has 0 radical (unpaired) electrons. The van der Waals surface area contributed by atoms with Crippen molar-refractivity contribution in [2.24, 2.45) is 0 Å². The zero-order chi connectivity index (χ0) is 20.5. The third-order valence-corrected chi connectivity index (χ3v) is 4.50. The minimum absolute atomic E-state index is 0.328. The first-order valence-corrected chi connectivity index (χ1v) is 9.33. The Balaban J connectivity index is 1.58. The summed E-state index contributed by atoms with van der Waals surface area (Å²) in [6, 6.07) is 26.2. The molecule has 148 valence electrons. The first kappa shape index (κ1) is 20.1. The fraction of sp³-hybridized carbons (Fsp3) is 0.167. The molecule has 0 unspecified atom stereocenters. The van der Waals surface area contributed by atoms with Gasteiger partial charge in [0.2, 0.25) is 0 Å². The van der Waals surface area contributed by atoms with Crippen LogP contribution in [0, 0.1) is 0 Å². The lowest BCUT2D eigenvalue weighted by molar-refractivity contribution is -0.149. The van der Waals surface area contributed by atoms with Crippen LogP contribution in [0.15, 0.2) is 84.9 Å². The first-order chi connectivity index (χ1) is 14.2. The summed E-state index contributed by atoms with van der Waals surface area (Å²) in [5.74, 6) is -0.635. The number of hydrogen-bond donors (Lipinski definition) is 1. The number of esters is 1. The van der Waals surface area contributed by atoms with Crippen LogP contribution in [0.1, 0.15) is 22.6 Å². The Kier molecular flexibility index (Phi) is 7.00. The number of hydrogen-bond acceptors (Lipinski definition) is 4. The van der Waals surface area contributed by atoms with Crippen LogP contribution < -0.4 is 10.1 Å². The van der Waals surface area contributed by atoms with E-state index in [9.17, 15) is 9.59 Å². The van der Waals surface area contributed by atoms with Crippen molar-refractivity contribution in [3.8, 4) is 5.75 Å². The predicted octanol–water partition coefficient (Wildman–Crippen LogP) is 3.69. The molecule has 3 rings (SSSR count). The Labute approximate surface area is 170 Å². The molecule has 0 fully saturated rings. The fourth-order valence-electron chi connectivity index (χ4n) is 2.97. The van der Waals surface area contributed by atoms with Crippen LogP contribution in [0.5, 0.6) is 5.75 Å². The van der Waals surface area contributed by atoms with Crippen molar-refractivity contribution >= 4 is 11.9 Å². The largest absolute Gasteiger partial charge is 0.497 e. The lowest BCUT2D eigenvalue weighted by Gasteiger charge is -2.17. The number of carbonyl (C=O) groups excluding carboxylic acids is 2. The van der Waals surface area contributed by atoms with Gasteiger partial charge in [-0.3, -0.25) is 9.59 Å². The molecule has 0 heterocycles. The van der Waals surface area contributed by atoms with Gasteiger partial charge in [0.15, 0.2) is 6.61 Å². The lowest BCUT2D eigenvalue weighted by Crippen LogP contribution is -2.29. The number of ether oxygens (including phenoxy) is 2. The maximum absolute atomic E-state index is 12.8. The molecule has 5 nitrogen and oxygen atoms in total. The van der Waals surface area contributed by atoms with Gasteiger partial charge in [0.25, 0.3) is 5.91 Å². The van der Waals surface area contributed by atoms with Gasteiger partial charge in [0.1, 0.15) is 11.7 Å². The Morgan fingerprint density at radius 3 is 1.90 bits per heavy atom. The average Bonchev–Trinajstić information content (AvgIpc) is 2.78. The van der Waals surface area contributed by atoms with Crippen LogP contribution >= 0.6 is 0 Å². The zero-order valence-electron chi connectivity index (χ0n) is 16.2. The molecule has 0 aliphatic heterocycles. The topological polar surface area (TPSA) is 64.6 Å². The number of amides is 1. The highest BCUT2D eigenvalue weighted by molar-refractivity contribution is 5.85. The van der Waals surface area contributed by atoms with Crippen LogP contribution in [0.2, 0.25) is 0 Å². The van der Waals surface area contributed by atoms with E-state index in [0.29, 0.717) is 6.54 Å². The molecule has 0 aliphatic carbocycles. The van der Waals surface area contributed by atoms with Gasteiger partial charge in [-0.1, -0.05) is 72.8 Å². The van der Waals surface area contributed by atoms with Crippen LogP contribution in [0.25, 0.3) is 0 Å². The van der Waals surface area contributed by atoms with Crippen molar-refractivity contribution < 1.29 is 19.1 Å². The number of nitrogens with one attached hydrogen (secondary N) is 1. The molecule has 0 aliphatic rings. The van der Waals surface area contributed by atoms with Crippen LogP contribution in [-0.2, 0) is 20.9 Å². The number of methoxy groups -OCH3 is 1. The monoisotopic (exact) mass is 389 g/mol. The zero-order valence-corrected chi connectivity index (χ0v) is 16.2. The molecule has 0 saturated heterocycles. The average molecular weight is 389 g/mol. The van der Waals surface area contributed by atoms with Gasteiger partial charge < -0.3 is 14.8 Å². The Bertz CT molecular complexity index is 885. The normalized spacial score (nSPS) is 10.4. The van der Waals surface area contributed by atoms with E-state index >= 15 is 0 Å². The van der Waals surface area contributed by atoms with E-state index in [0.717, 1.165) is 22.4 Å². The molecule has 0 aromatic heterocycles. The van der Waals surface area contributed by atoms with E-state index in [1.165, 1.54) is 0 Å². The smallest absolute Gasteiger partial charge is 0.318 e. The summed E-state index contributed by atoms with van der Waals surface area (Å²) in [6.07, 6.45) is 0. The third-order valence-electron chi connectivity index (χ3n) is 4.50. The van der Waals surface area contributed by atoms with Gasteiger partial charge in [-0.05, 0) is 28.8 Å². The van der Waals surface area contributed by atoms with Crippen LogP contribution in [-0.4, -0.2) is 25.6 Å². The molecule has 0 bridgehead atoms. The molecule has 0 spiro atoms. The second-order valence-electron chi connectivity index (χ2n) is 6.49. The highest BCUT2D eigenvalue weighted by atomic mass is 16.5. The predicted molar refractivity (Wildman–Crippen MR) is 111 cm³/mol. The first-order valence-electron chi connectivity index (χ1n) is 9.33. The minimum Gasteiger partial charge on any atom is -0.497 e. The SMILES string of the molecule is COc1ccc(CNC(=O)COC(=O)C(c2ccccc2)c2ccccc2)cc1. The quantitative estimate of drug-likeness (QED) is 0.597. The standard InChI is InChI=1S/C24H23NO4/c1-28-21-14-12-18(13-15-21)16-25-22(26)17-29-24(27)23(19-8-4-2-5-9-19)20-10-6-3-7-11-20/h2-15,23H,16-17H2,1H3,(H,25,26). The molecular formula is C24H23NO4. The van der Waals surface area contributed by atoms with Crippen LogP contribution in [0.3, 0.4) is 0 Å². The summed E-state index contributed by atoms with van der Waals surface area (Å²) >= 11 is 0. The van der Waals surface area contributed by atoms with E-state index in [4.69, 9.17) is 9.47 Å². The summed E-state index contributed by atoms with van der Waals surface area (Å²) in [5, 5.41) is 2.75. The molecule has 1 amide bonds. The van der Waals surface area contributed by atoms with Crippen molar-refractivity contribution in [3.63, 3.8) is 0 Å². The highest BCUT2D eigenvalue weighted by Crippen LogP contribution is 2.25. The fourth-order valence-corrected chi connectivity index (χ4v) is 2.97. The maximum atomic E-state index is 12.8. The van der Waals surface area contributed by atoms with Crippen molar-refractivity contribution in [2.75, 3.05) is 13.7 Å². The van der Waals surface area contributed by atoms with E-state index in [1.54, 1.807) is 7.11 Å². The van der Waals surface area contributed by atoms with Crippen molar-refractivity contribution in [1.29, 1.82) is 0 Å². The van der Waals surface area contributed by atoms with Gasteiger partial charge >= 0.3 is 5.97 Å². The summed E-state index contributed by atoms with van der Waals surface area (Å²) < 4.78 is 10.4. The van der Waals surface area contributed by atoms with Crippen molar-refractivity contribution in [1.82, 2.24) is 5.32 Å².